The summed E-state index contributed by atoms with van der Waals surface area (Å²) in [5.74, 6) is 1.50. The molecular formula is C10H11N3O3S2. The van der Waals surface area contributed by atoms with Crippen LogP contribution in [-0.4, -0.2) is 24.8 Å². The average Bonchev–Trinajstić information content (AvgIpc) is 2.84. The van der Waals surface area contributed by atoms with E-state index < -0.39 is 10.0 Å². The van der Waals surface area contributed by atoms with E-state index in [0.717, 1.165) is 19.1 Å². The van der Waals surface area contributed by atoms with E-state index in [9.17, 15) is 8.42 Å². The number of nitrogens with zero attached hydrogens (tertiary/aromatic N) is 2. The third-order valence-electron chi connectivity index (χ3n) is 2.54. The Kier molecular flexibility index (Phi) is 2.63. The Morgan fingerprint density at radius 1 is 1.50 bits per heavy atom. The molecule has 0 unspecified atom stereocenters. The van der Waals surface area contributed by atoms with Gasteiger partial charge in [-0.1, -0.05) is 5.16 Å². The lowest BCUT2D eigenvalue weighted by Crippen LogP contribution is -2.09. The van der Waals surface area contributed by atoms with Crippen LogP contribution >= 0.6 is 11.3 Å². The van der Waals surface area contributed by atoms with E-state index in [0.29, 0.717) is 28.2 Å². The Morgan fingerprint density at radius 2 is 2.28 bits per heavy atom. The second kappa shape index (κ2) is 4.06. The Hall–Kier alpha value is -1.41. The molecule has 0 amide bonds. The fourth-order valence-electron chi connectivity index (χ4n) is 1.59. The van der Waals surface area contributed by atoms with Gasteiger partial charge in [0.25, 0.3) is 5.89 Å². The van der Waals surface area contributed by atoms with Crippen molar-refractivity contribution in [1.29, 1.82) is 0 Å². The van der Waals surface area contributed by atoms with Crippen LogP contribution in [0.15, 0.2) is 16.0 Å². The first kappa shape index (κ1) is 11.7. The van der Waals surface area contributed by atoms with Gasteiger partial charge >= 0.3 is 0 Å². The lowest BCUT2D eigenvalue weighted by molar-refractivity contribution is 0.423. The van der Waals surface area contributed by atoms with Crippen molar-refractivity contribution < 1.29 is 12.9 Å². The van der Waals surface area contributed by atoms with E-state index in [2.05, 4.69) is 14.9 Å². The van der Waals surface area contributed by atoms with Crippen LogP contribution in [0.25, 0.3) is 10.8 Å². The van der Waals surface area contributed by atoms with Crippen LogP contribution in [0.4, 0.5) is 5.69 Å². The van der Waals surface area contributed by atoms with E-state index in [4.69, 9.17) is 4.52 Å². The molecule has 2 aromatic heterocycles. The number of thiophene rings is 1. The van der Waals surface area contributed by atoms with Gasteiger partial charge in [-0.3, -0.25) is 4.72 Å². The Morgan fingerprint density at radius 3 is 2.94 bits per heavy atom. The van der Waals surface area contributed by atoms with Gasteiger partial charge in [-0.25, -0.2) is 8.42 Å². The van der Waals surface area contributed by atoms with E-state index in [1.165, 1.54) is 11.3 Å². The van der Waals surface area contributed by atoms with Crippen LogP contribution in [0.1, 0.15) is 24.6 Å². The number of hydrogen-bond acceptors (Lipinski definition) is 6. The highest BCUT2D eigenvalue weighted by atomic mass is 32.2. The highest BCUT2D eigenvalue weighted by molar-refractivity contribution is 7.92. The molecule has 0 saturated heterocycles. The summed E-state index contributed by atoms with van der Waals surface area (Å²) in [7, 11) is -3.31. The van der Waals surface area contributed by atoms with Crippen LogP contribution in [0, 0.1) is 0 Å². The zero-order valence-corrected chi connectivity index (χ0v) is 11.2. The van der Waals surface area contributed by atoms with Crippen LogP contribution in [0.3, 0.4) is 0 Å². The Bertz CT molecular complexity index is 670. The summed E-state index contributed by atoms with van der Waals surface area (Å²) in [6.07, 6.45) is 3.30. The molecule has 8 heteroatoms. The maximum atomic E-state index is 11.2. The van der Waals surface area contributed by atoms with Crippen molar-refractivity contribution >= 4 is 27.0 Å². The average molecular weight is 285 g/mol. The number of nitrogens with one attached hydrogen (secondary N) is 1. The molecule has 96 valence electrons. The molecule has 1 N–H and O–H groups in total. The molecular weight excluding hydrogens is 274 g/mol. The summed E-state index contributed by atoms with van der Waals surface area (Å²) in [6.45, 7) is 0. The van der Waals surface area contributed by atoms with Crippen molar-refractivity contribution in [1.82, 2.24) is 10.1 Å². The molecule has 0 bridgehead atoms. The van der Waals surface area contributed by atoms with E-state index in [1.54, 1.807) is 11.4 Å². The molecule has 1 aliphatic rings. The predicted octanol–water partition coefficient (Wildman–Crippen LogP) is 2.05. The van der Waals surface area contributed by atoms with Gasteiger partial charge in [-0.2, -0.15) is 4.98 Å². The minimum absolute atomic E-state index is 0.373. The first-order valence-corrected chi connectivity index (χ1v) is 8.19. The highest BCUT2D eigenvalue weighted by Gasteiger charge is 2.29. The largest absolute Gasteiger partial charge is 0.333 e. The fourth-order valence-corrected chi connectivity index (χ4v) is 2.99. The topological polar surface area (TPSA) is 85.1 Å². The first-order valence-electron chi connectivity index (χ1n) is 5.42. The molecule has 1 aliphatic carbocycles. The van der Waals surface area contributed by atoms with Crippen LogP contribution in [0.5, 0.6) is 0 Å². The predicted molar refractivity (Wildman–Crippen MR) is 68.1 cm³/mol. The second-order valence-electron chi connectivity index (χ2n) is 4.27. The van der Waals surface area contributed by atoms with Gasteiger partial charge in [0, 0.05) is 5.92 Å². The molecule has 1 saturated carbocycles. The third kappa shape index (κ3) is 2.39. The lowest BCUT2D eigenvalue weighted by Gasteiger charge is -2.01. The molecule has 18 heavy (non-hydrogen) atoms. The van der Waals surface area contributed by atoms with Gasteiger partial charge in [0.15, 0.2) is 5.82 Å². The molecule has 1 fully saturated rings. The molecule has 6 nitrogen and oxygen atoms in total. The van der Waals surface area contributed by atoms with Crippen molar-refractivity contribution in [3.8, 4) is 10.8 Å². The van der Waals surface area contributed by atoms with Gasteiger partial charge in [0.05, 0.1) is 11.9 Å². The van der Waals surface area contributed by atoms with E-state index in [1.807, 2.05) is 0 Å². The van der Waals surface area contributed by atoms with Crippen LogP contribution in [0.2, 0.25) is 0 Å². The SMILES string of the molecule is CS(=O)(=O)Nc1ccsc1-c1nc(C2CC2)no1. The smallest absolute Gasteiger partial charge is 0.270 e. The molecule has 0 aliphatic heterocycles. The Labute approximate surface area is 108 Å². The summed E-state index contributed by atoms with van der Waals surface area (Å²) >= 11 is 1.37. The van der Waals surface area contributed by atoms with E-state index >= 15 is 0 Å². The second-order valence-corrected chi connectivity index (χ2v) is 6.93. The summed E-state index contributed by atoms with van der Waals surface area (Å²) < 4.78 is 30.1. The molecule has 0 atom stereocenters. The maximum Gasteiger partial charge on any atom is 0.270 e. The van der Waals surface area contributed by atoms with Crippen LogP contribution in [-0.2, 0) is 10.0 Å². The molecule has 0 aromatic carbocycles. The summed E-state index contributed by atoms with van der Waals surface area (Å²) in [5, 5.41) is 5.70. The third-order valence-corrected chi connectivity index (χ3v) is 4.03. The van der Waals surface area contributed by atoms with Gasteiger partial charge < -0.3 is 4.52 Å². The van der Waals surface area contributed by atoms with Crippen molar-refractivity contribution in [3.05, 3.63) is 17.3 Å². The number of hydrogen-bond donors (Lipinski definition) is 1. The zero-order valence-electron chi connectivity index (χ0n) is 9.58. The molecule has 2 heterocycles. The zero-order chi connectivity index (χ0) is 12.8. The number of rotatable bonds is 4. The number of aromatic nitrogens is 2. The Balaban J connectivity index is 1.93. The van der Waals surface area contributed by atoms with Gasteiger partial charge in [-0.15, -0.1) is 11.3 Å². The summed E-state index contributed by atoms with van der Waals surface area (Å²) in [4.78, 5) is 4.96. The van der Waals surface area contributed by atoms with Crippen molar-refractivity contribution in [2.24, 2.45) is 0 Å². The normalized spacial score (nSPS) is 15.8. The van der Waals surface area contributed by atoms with Crippen molar-refractivity contribution in [2.75, 3.05) is 11.0 Å². The summed E-state index contributed by atoms with van der Waals surface area (Å²) in [5.41, 5.74) is 0.480. The first-order chi connectivity index (χ1) is 8.53. The van der Waals surface area contributed by atoms with E-state index in [-0.39, 0.29) is 0 Å². The highest BCUT2D eigenvalue weighted by Crippen LogP contribution is 2.40. The molecule has 0 radical (unpaired) electrons. The minimum atomic E-state index is -3.31. The molecule has 0 spiro atoms. The lowest BCUT2D eigenvalue weighted by atomic mass is 10.4. The quantitative estimate of drug-likeness (QED) is 0.929. The maximum absolute atomic E-state index is 11.2. The molecule has 2 aromatic rings. The van der Waals surface area contributed by atoms with Gasteiger partial charge in [0.2, 0.25) is 10.0 Å². The van der Waals surface area contributed by atoms with Crippen molar-refractivity contribution in [2.45, 2.75) is 18.8 Å². The van der Waals surface area contributed by atoms with Gasteiger partial charge in [0.1, 0.15) is 4.88 Å². The standard InChI is InChI=1S/C10H11N3O3S2/c1-18(14,15)13-7-4-5-17-8(7)10-11-9(12-16-10)6-2-3-6/h4-6,13H,2-3H2,1H3. The minimum Gasteiger partial charge on any atom is -0.333 e. The number of sulfonamides is 1. The monoisotopic (exact) mass is 285 g/mol. The number of anilines is 1. The molecule has 3 rings (SSSR count). The summed E-state index contributed by atoms with van der Waals surface area (Å²) in [6, 6.07) is 1.68. The van der Waals surface area contributed by atoms with Gasteiger partial charge in [-0.05, 0) is 24.3 Å². The fraction of sp³-hybridized carbons (Fsp3) is 0.400. The van der Waals surface area contributed by atoms with Crippen molar-refractivity contribution in [3.63, 3.8) is 0 Å². The van der Waals surface area contributed by atoms with Crippen LogP contribution < -0.4 is 4.72 Å².